The minimum Gasteiger partial charge on any atom is -0.488 e. The van der Waals surface area contributed by atoms with Gasteiger partial charge in [0.2, 0.25) is 0 Å². The number of carbonyl (C=O) groups excluding carboxylic acids is 1. The van der Waals surface area contributed by atoms with Gasteiger partial charge in [-0.2, -0.15) is 8.42 Å². The Kier molecular flexibility index (Phi) is 6.41. The highest BCUT2D eigenvalue weighted by Crippen LogP contribution is 2.46. The first-order chi connectivity index (χ1) is 16.1. The molecule has 6 nitrogen and oxygen atoms in total. The Morgan fingerprint density at radius 2 is 1.74 bits per heavy atom. The van der Waals surface area contributed by atoms with Crippen LogP contribution in [0.25, 0.3) is 0 Å². The van der Waals surface area contributed by atoms with Gasteiger partial charge in [-0.3, -0.25) is 4.79 Å². The van der Waals surface area contributed by atoms with E-state index in [2.05, 4.69) is 0 Å². The summed E-state index contributed by atoms with van der Waals surface area (Å²) in [6.45, 7) is 7.37. The molecular weight excluding hydrogens is 452 g/mol. The van der Waals surface area contributed by atoms with Crippen LogP contribution in [0.15, 0.2) is 65.6 Å². The molecule has 1 aliphatic heterocycles. The highest BCUT2D eigenvalue weighted by Gasteiger charge is 2.34. The van der Waals surface area contributed by atoms with Crippen molar-refractivity contribution < 1.29 is 26.9 Å². The van der Waals surface area contributed by atoms with Gasteiger partial charge in [0.15, 0.2) is 11.5 Å². The zero-order valence-electron chi connectivity index (χ0n) is 19.8. The van der Waals surface area contributed by atoms with E-state index in [0.29, 0.717) is 17.9 Å². The summed E-state index contributed by atoms with van der Waals surface area (Å²) >= 11 is 0. The minimum atomic E-state index is -4.19. The predicted molar refractivity (Wildman–Crippen MR) is 129 cm³/mol. The van der Waals surface area contributed by atoms with Gasteiger partial charge in [-0.15, -0.1) is 0 Å². The maximum atomic E-state index is 13.1. The standard InChI is InChI=1S/C27H28O6S/c1-18-10-12-21(13-11-18)34(29,30)33-24-16-23-22(14-15-27(3,4)32-23)26(25(24)19(2)28)31-17-20-8-6-5-7-9-20/h5-13,16H,14-15,17H2,1-4H3. The zero-order valence-corrected chi connectivity index (χ0v) is 20.6. The van der Waals surface area contributed by atoms with E-state index in [0.717, 1.165) is 23.1 Å². The van der Waals surface area contributed by atoms with E-state index in [4.69, 9.17) is 13.7 Å². The van der Waals surface area contributed by atoms with Crippen LogP contribution < -0.4 is 13.7 Å². The number of ether oxygens (including phenoxy) is 2. The van der Waals surface area contributed by atoms with Crippen LogP contribution in [0.3, 0.4) is 0 Å². The van der Waals surface area contributed by atoms with Gasteiger partial charge in [-0.1, -0.05) is 48.0 Å². The summed E-state index contributed by atoms with van der Waals surface area (Å²) in [5.74, 6) is 0.300. The number of rotatable bonds is 7. The highest BCUT2D eigenvalue weighted by molar-refractivity contribution is 7.87. The molecule has 3 aromatic rings. The number of aryl methyl sites for hydroxylation is 1. The first kappa shape index (κ1) is 23.8. The summed E-state index contributed by atoms with van der Waals surface area (Å²) < 4.78 is 44.0. The van der Waals surface area contributed by atoms with Crippen LogP contribution in [0.1, 0.15) is 54.2 Å². The minimum absolute atomic E-state index is 0.00155. The first-order valence-corrected chi connectivity index (χ1v) is 12.5. The zero-order chi connectivity index (χ0) is 24.5. The summed E-state index contributed by atoms with van der Waals surface area (Å²) in [4.78, 5) is 12.8. The van der Waals surface area contributed by atoms with Crippen molar-refractivity contribution >= 4 is 15.9 Å². The van der Waals surface area contributed by atoms with Gasteiger partial charge in [-0.25, -0.2) is 0 Å². The molecule has 1 aliphatic rings. The van der Waals surface area contributed by atoms with Gasteiger partial charge in [0.05, 0.1) is 0 Å². The number of carbonyl (C=O) groups is 1. The molecule has 0 atom stereocenters. The first-order valence-electron chi connectivity index (χ1n) is 11.1. The second kappa shape index (κ2) is 9.14. The van der Waals surface area contributed by atoms with Crippen molar-refractivity contribution in [3.05, 3.63) is 82.9 Å². The van der Waals surface area contributed by atoms with Crippen molar-refractivity contribution in [3.8, 4) is 17.2 Å². The van der Waals surface area contributed by atoms with Crippen molar-refractivity contribution in [2.45, 2.75) is 57.6 Å². The van der Waals surface area contributed by atoms with Crippen molar-refractivity contribution in [2.75, 3.05) is 0 Å². The molecule has 0 aromatic heterocycles. The van der Waals surface area contributed by atoms with E-state index in [1.54, 1.807) is 12.1 Å². The van der Waals surface area contributed by atoms with Crippen molar-refractivity contribution in [3.63, 3.8) is 0 Å². The molecule has 0 fully saturated rings. The van der Waals surface area contributed by atoms with Crippen molar-refractivity contribution in [1.82, 2.24) is 0 Å². The molecule has 4 rings (SSSR count). The molecule has 0 amide bonds. The Labute approximate surface area is 200 Å². The monoisotopic (exact) mass is 480 g/mol. The molecule has 0 saturated carbocycles. The van der Waals surface area contributed by atoms with Gasteiger partial charge >= 0.3 is 10.1 Å². The summed E-state index contributed by atoms with van der Waals surface area (Å²) in [7, 11) is -4.19. The summed E-state index contributed by atoms with van der Waals surface area (Å²) in [5, 5.41) is 0. The van der Waals surface area contributed by atoms with Crippen LogP contribution >= 0.6 is 0 Å². The lowest BCUT2D eigenvalue weighted by Crippen LogP contribution is -2.33. The SMILES string of the molecule is CC(=O)c1c(OS(=O)(=O)c2ccc(C)cc2)cc2c(c1OCc1ccccc1)CCC(C)(C)O2. The van der Waals surface area contributed by atoms with E-state index in [1.807, 2.05) is 51.1 Å². The summed E-state index contributed by atoms with van der Waals surface area (Å²) in [5.41, 5.74) is 2.22. The molecule has 1 heterocycles. The highest BCUT2D eigenvalue weighted by atomic mass is 32.2. The molecule has 3 aromatic carbocycles. The molecule has 178 valence electrons. The third-order valence-electron chi connectivity index (χ3n) is 5.76. The molecule has 0 unspecified atom stereocenters. The van der Waals surface area contributed by atoms with Crippen LogP contribution in [0.2, 0.25) is 0 Å². The molecule has 0 saturated heterocycles. The lowest BCUT2D eigenvalue weighted by atomic mass is 9.91. The van der Waals surface area contributed by atoms with Gasteiger partial charge in [-0.05, 0) is 58.2 Å². The van der Waals surface area contributed by atoms with Crippen LogP contribution in [-0.4, -0.2) is 19.8 Å². The quantitative estimate of drug-likeness (QED) is 0.321. The van der Waals surface area contributed by atoms with E-state index in [1.165, 1.54) is 25.1 Å². The Morgan fingerprint density at radius 1 is 1.06 bits per heavy atom. The Bertz CT molecular complexity index is 1310. The summed E-state index contributed by atoms with van der Waals surface area (Å²) in [6.07, 6.45) is 1.35. The molecule has 0 spiro atoms. The Morgan fingerprint density at radius 3 is 2.38 bits per heavy atom. The van der Waals surface area contributed by atoms with E-state index < -0.39 is 15.7 Å². The van der Waals surface area contributed by atoms with E-state index in [-0.39, 0.29) is 28.6 Å². The largest absolute Gasteiger partial charge is 0.488 e. The van der Waals surface area contributed by atoms with Gasteiger partial charge in [0, 0.05) is 11.6 Å². The smallest absolute Gasteiger partial charge is 0.339 e. The number of benzene rings is 3. The second-order valence-electron chi connectivity index (χ2n) is 9.10. The van der Waals surface area contributed by atoms with Crippen LogP contribution in [0.4, 0.5) is 0 Å². The molecule has 0 N–H and O–H groups in total. The second-order valence-corrected chi connectivity index (χ2v) is 10.6. The average molecular weight is 481 g/mol. The number of hydrogen-bond donors (Lipinski definition) is 0. The fourth-order valence-corrected chi connectivity index (χ4v) is 4.85. The Balaban J connectivity index is 1.82. The molecular formula is C27H28O6S. The normalized spacial score (nSPS) is 14.6. The van der Waals surface area contributed by atoms with Crippen LogP contribution in [0.5, 0.6) is 17.2 Å². The van der Waals surface area contributed by atoms with Crippen LogP contribution in [-0.2, 0) is 23.1 Å². The lowest BCUT2D eigenvalue weighted by Gasteiger charge is -2.34. The average Bonchev–Trinajstić information content (AvgIpc) is 2.77. The fourth-order valence-electron chi connectivity index (χ4n) is 3.91. The summed E-state index contributed by atoms with van der Waals surface area (Å²) in [6, 6.07) is 17.4. The molecule has 0 radical (unpaired) electrons. The number of Topliss-reactive ketones (excluding diaryl/α,β-unsaturated/α-hetero) is 1. The van der Waals surface area contributed by atoms with Gasteiger partial charge in [0.1, 0.15) is 34.2 Å². The number of hydrogen-bond acceptors (Lipinski definition) is 6. The third-order valence-corrected chi connectivity index (χ3v) is 7.01. The maximum absolute atomic E-state index is 13.1. The predicted octanol–water partition coefficient (Wildman–Crippen LogP) is 5.65. The van der Waals surface area contributed by atoms with Crippen molar-refractivity contribution in [2.24, 2.45) is 0 Å². The molecule has 0 bridgehead atoms. The molecule has 34 heavy (non-hydrogen) atoms. The fraction of sp³-hybridized carbons (Fsp3) is 0.296. The van der Waals surface area contributed by atoms with Crippen molar-refractivity contribution in [1.29, 1.82) is 0 Å². The third kappa shape index (κ3) is 5.09. The van der Waals surface area contributed by atoms with E-state index in [9.17, 15) is 13.2 Å². The van der Waals surface area contributed by atoms with Crippen LogP contribution in [0, 0.1) is 6.92 Å². The Hall–Kier alpha value is -3.32. The molecule has 0 aliphatic carbocycles. The van der Waals surface area contributed by atoms with Gasteiger partial charge in [0.25, 0.3) is 0 Å². The lowest BCUT2D eigenvalue weighted by molar-refractivity contribution is 0.0826. The van der Waals surface area contributed by atoms with E-state index >= 15 is 0 Å². The van der Waals surface area contributed by atoms with Gasteiger partial charge < -0.3 is 13.7 Å². The molecule has 7 heteroatoms. The topological polar surface area (TPSA) is 78.9 Å². The number of ketones is 1. The number of fused-ring (bicyclic) bond motifs is 1. The maximum Gasteiger partial charge on any atom is 0.339 e.